The minimum absolute atomic E-state index is 0.0916. The molecule has 17 heavy (non-hydrogen) atoms. The third-order valence-corrected chi connectivity index (χ3v) is 3.08. The highest BCUT2D eigenvalue weighted by molar-refractivity contribution is 5.48. The number of hydrogen-bond donors (Lipinski definition) is 0. The predicted octanol–water partition coefficient (Wildman–Crippen LogP) is 2.05. The van der Waals surface area contributed by atoms with Crippen molar-refractivity contribution in [3.63, 3.8) is 0 Å². The molecule has 0 radical (unpaired) electrons. The summed E-state index contributed by atoms with van der Waals surface area (Å²) in [6, 6.07) is 5.41. The van der Waals surface area contributed by atoms with Crippen LogP contribution >= 0.6 is 0 Å². The first kappa shape index (κ1) is 9.97. The van der Waals surface area contributed by atoms with Crippen LogP contribution < -0.4 is 0 Å². The first-order valence-electron chi connectivity index (χ1n) is 5.42. The van der Waals surface area contributed by atoms with E-state index in [1.165, 1.54) is 6.20 Å². The second-order valence-corrected chi connectivity index (χ2v) is 4.53. The van der Waals surface area contributed by atoms with Gasteiger partial charge in [-0.15, -0.1) is 0 Å². The van der Waals surface area contributed by atoms with Gasteiger partial charge in [-0.3, -0.25) is 0 Å². The number of nitriles is 1. The lowest BCUT2D eigenvalue weighted by atomic mass is 10.1. The predicted molar refractivity (Wildman–Crippen MR) is 58.8 cm³/mol. The zero-order valence-electron chi connectivity index (χ0n) is 9.34. The van der Waals surface area contributed by atoms with Crippen LogP contribution in [0.3, 0.4) is 0 Å². The molecule has 3 rings (SSSR count). The molecule has 0 bridgehead atoms. The fourth-order valence-electron chi connectivity index (χ4n) is 1.57. The van der Waals surface area contributed by atoms with Crippen LogP contribution in [0.25, 0.3) is 11.6 Å². The summed E-state index contributed by atoms with van der Waals surface area (Å²) in [4.78, 5) is 8.46. The number of aromatic nitrogens is 3. The lowest BCUT2D eigenvalue weighted by molar-refractivity contribution is 0.414. The lowest BCUT2D eigenvalue weighted by Gasteiger charge is -1.97. The Balaban J connectivity index is 1.93. The molecule has 0 atom stereocenters. The largest absolute Gasteiger partial charge is 0.332 e. The van der Waals surface area contributed by atoms with Gasteiger partial charge >= 0.3 is 0 Å². The highest BCUT2D eigenvalue weighted by Gasteiger charge is 2.43. The van der Waals surface area contributed by atoms with E-state index in [0.717, 1.165) is 18.7 Å². The molecular formula is C12H10N4O. The standard InChI is InChI=1S/C12H10N4O/c1-12(4-5-12)11-15-10(17-16-11)9-3-2-8(6-13)7-14-9/h2-3,7H,4-5H2,1H3. The Hall–Kier alpha value is -2.22. The van der Waals surface area contributed by atoms with Crippen molar-refractivity contribution in [2.45, 2.75) is 25.2 Å². The van der Waals surface area contributed by atoms with Crippen molar-refractivity contribution in [3.8, 4) is 17.7 Å². The maximum Gasteiger partial charge on any atom is 0.276 e. The van der Waals surface area contributed by atoms with Crippen molar-refractivity contribution in [2.24, 2.45) is 0 Å². The topological polar surface area (TPSA) is 75.6 Å². The number of pyridine rings is 1. The Morgan fingerprint density at radius 1 is 1.41 bits per heavy atom. The van der Waals surface area contributed by atoms with Crippen LogP contribution in [-0.4, -0.2) is 15.1 Å². The molecule has 1 aliphatic rings. The highest BCUT2D eigenvalue weighted by atomic mass is 16.5. The molecule has 1 saturated carbocycles. The van der Waals surface area contributed by atoms with Crippen LogP contribution in [0.1, 0.15) is 31.2 Å². The molecule has 0 aromatic carbocycles. The van der Waals surface area contributed by atoms with Crippen molar-refractivity contribution in [1.29, 1.82) is 5.26 Å². The molecular weight excluding hydrogens is 216 g/mol. The van der Waals surface area contributed by atoms with Gasteiger partial charge in [0.15, 0.2) is 5.82 Å². The summed E-state index contributed by atoms with van der Waals surface area (Å²) in [7, 11) is 0. The molecule has 1 aliphatic carbocycles. The Morgan fingerprint density at radius 3 is 2.82 bits per heavy atom. The molecule has 0 saturated heterocycles. The first-order valence-corrected chi connectivity index (χ1v) is 5.42. The third kappa shape index (κ3) is 1.68. The van der Waals surface area contributed by atoms with E-state index in [1.807, 2.05) is 6.07 Å². The maximum atomic E-state index is 8.68. The zero-order chi connectivity index (χ0) is 11.9. The average Bonchev–Trinajstić information content (AvgIpc) is 2.94. The molecule has 2 aromatic rings. The van der Waals surface area contributed by atoms with Gasteiger partial charge < -0.3 is 4.52 Å². The quantitative estimate of drug-likeness (QED) is 0.783. The van der Waals surface area contributed by atoms with Crippen molar-refractivity contribution < 1.29 is 4.52 Å². The molecule has 2 aromatic heterocycles. The summed E-state index contributed by atoms with van der Waals surface area (Å²) in [5.41, 5.74) is 1.21. The molecule has 2 heterocycles. The molecule has 5 heteroatoms. The van der Waals surface area contributed by atoms with Crippen molar-refractivity contribution in [2.75, 3.05) is 0 Å². The molecule has 5 nitrogen and oxygen atoms in total. The van der Waals surface area contributed by atoms with E-state index in [9.17, 15) is 0 Å². The second-order valence-electron chi connectivity index (χ2n) is 4.53. The molecule has 0 N–H and O–H groups in total. The molecule has 0 unspecified atom stereocenters. The van der Waals surface area contributed by atoms with E-state index in [2.05, 4.69) is 22.0 Å². The van der Waals surface area contributed by atoms with Gasteiger partial charge in [0.2, 0.25) is 0 Å². The van der Waals surface area contributed by atoms with Gasteiger partial charge in [-0.1, -0.05) is 12.1 Å². The van der Waals surface area contributed by atoms with Crippen LogP contribution in [-0.2, 0) is 5.41 Å². The molecule has 0 spiro atoms. The number of rotatable bonds is 2. The van der Waals surface area contributed by atoms with E-state index < -0.39 is 0 Å². The fourth-order valence-corrected chi connectivity index (χ4v) is 1.57. The maximum absolute atomic E-state index is 8.68. The molecule has 0 amide bonds. The molecule has 1 fully saturated rings. The number of hydrogen-bond acceptors (Lipinski definition) is 5. The van der Waals surface area contributed by atoms with Crippen LogP contribution in [0.2, 0.25) is 0 Å². The van der Waals surface area contributed by atoms with Crippen LogP contribution in [0.5, 0.6) is 0 Å². The van der Waals surface area contributed by atoms with Gasteiger partial charge in [-0.25, -0.2) is 4.98 Å². The third-order valence-electron chi connectivity index (χ3n) is 3.08. The van der Waals surface area contributed by atoms with Gasteiger partial charge in [0, 0.05) is 11.6 Å². The first-order chi connectivity index (χ1) is 8.21. The summed E-state index contributed by atoms with van der Waals surface area (Å²) in [5.74, 6) is 1.16. The Bertz CT molecular complexity index is 590. The summed E-state index contributed by atoms with van der Waals surface area (Å²) in [6.45, 7) is 2.12. The Labute approximate surface area is 98.1 Å². The van der Waals surface area contributed by atoms with Crippen molar-refractivity contribution in [3.05, 3.63) is 29.7 Å². The van der Waals surface area contributed by atoms with Gasteiger partial charge in [0.1, 0.15) is 11.8 Å². The second kappa shape index (κ2) is 3.39. The van der Waals surface area contributed by atoms with E-state index in [-0.39, 0.29) is 5.41 Å². The van der Waals surface area contributed by atoms with Gasteiger partial charge in [0.05, 0.1) is 5.56 Å². The van der Waals surface area contributed by atoms with Gasteiger partial charge in [0.25, 0.3) is 5.89 Å². The van der Waals surface area contributed by atoms with Gasteiger partial charge in [-0.05, 0) is 25.0 Å². The smallest absolute Gasteiger partial charge is 0.276 e. The van der Waals surface area contributed by atoms with Crippen molar-refractivity contribution >= 4 is 0 Å². The highest BCUT2D eigenvalue weighted by Crippen LogP contribution is 2.46. The van der Waals surface area contributed by atoms with Crippen LogP contribution in [0.4, 0.5) is 0 Å². The summed E-state index contributed by atoms with van der Waals surface area (Å²) in [5, 5.41) is 12.7. The molecule has 84 valence electrons. The summed E-state index contributed by atoms with van der Waals surface area (Å²) < 4.78 is 5.18. The zero-order valence-corrected chi connectivity index (χ0v) is 9.34. The Kier molecular flexibility index (Phi) is 1.99. The van der Waals surface area contributed by atoms with E-state index in [0.29, 0.717) is 17.1 Å². The minimum Gasteiger partial charge on any atom is -0.332 e. The monoisotopic (exact) mass is 226 g/mol. The number of nitrogens with zero attached hydrogens (tertiary/aromatic N) is 4. The van der Waals surface area contributed by atoms with Crippen molar-refractivity contribution in [1.82, 2.24) is 15.1 Å². The van der Waals surface area contributed by atoms with Gasteiger partial charge in [-0.2, -0.15) is 10.2 Å². The van der Waals surface area contributed by atoms with Crippen LogP contribution in [0.15, 0.2) is 22.9 Å². The van der Waals surface area contributed by atoms with E-state index in [1.54, 1.807) is 12.1 Å². The van der Waals surface area contributed by atoms with E-state index >= 15 is 0 Å². The normalized spacial score (nSPS) is 16.5. The van der Waals surface area contributed by atoms with E-state index in [4.69, 9.17) is 9.78 Å². The molecule has 0 aliphatic heterocycles. The summed E-state index contributed by atoms with van der Waals surface area (Å²) >= 11 is 0. The minimum atomic E-state index is 0.0916. The Morgan fingerprint density at radius 2 is 2.24 bits per heavy atom. The summed E-state index contributed by atoms with van der Waals surface area (Å²) in [6.07, 6.45) is 3.71. The lowest BCUT2D eigenvalue weighted by Crippen LogP contribution is -2.01. The average molecular weight is 226 g/mol. The SMILES string of the molecule is CC1(c2noc(-c3ccc(C#N)cn3)n2)CC1. The fraction of sp³-hybridized carbons (Fsp3) is 0.333. The van der Waals surface area contributed by atoms with Crippen LogP contribution in [0, 0.1) is 11.3 Å².